The maximum Gasteiger partial charge on any atom is 0.514 e. The van der Waals surface area contributed by atoms with Crippen LogP contribution < -0.4 is 18.9 Å². The van der Waals surface area contributed by atoms with Gasteiger partial charge in [-0.25, -0.2) is 18.7 Å². The van der Waals surface area contributed by atoms with Crippen LogP contribution in [0.25, 0.3) is 10.9 Å². The minimum absolute atomic E-state index is 0.0702. The Hall–Kier alpha value is -6.06. The minimum atomic E-state index is -4.88. The van der Waals surface area contributed by atoms with Crippen molar-refractivity contribution in [3.05, 3.63) is 63.7 Å². The first-order valence-corrected chi connectivity index (χ1v) is 27.0. The molecule has 2 aliphatic carbocycles. The number of halogens is 7. The molecule has 2 aromatic carbocycles. The van der Waals surface area contributed by atoms with Crippen LogP contribution >= 0.6 is 11.6 Å². The maximum absolute atomic E-state index is 14.8. The number of likely N-dealkylation sites (tertiary alicyclic amines) is 1. The third-order valence-electron chi connectivity index (χ3n) is 14.2. The third kappa shape index (κ3) is 15.4. The molecule has 0 spiro atoms. The molecule has 0 radical (unpaired) electrons. The molecule has 1 aromatic heterocycles. The Kier molecular flexibility index (Phi) is 18.8. The number of nitro benzene ring substituents is 1. The summed E-state index contributed by atoms with van der Waals surface area (Å²) in [6.45, 7) is 8.57. The molecule has 7 rings (SSSR count). The molecule has 2 aliphatic heterocycles. The number of amides is 2. The first-order chi connectivity index (χ1) is 36.6. The molecule has 79 heavy (non-hydrogen) atoms. The zero-order chi connectivity index (χ0) is 58.7. The van der Waals surface area contributed by atoms with Gasteiger partial charge in [0.15, 0.2) is 5.78 Å². The lowest BCUT2D eigenvalue weighted by Crippen LogP contribution is -2.49. The van der Waals surface area contributed by atoms with Crippen LogP contribution in [0.3, 0.4) is 0 Å². The molecular formula is C51H61ClF6N4O16S. The van der Waals surface area contributed by atoms with Crippen molar-refractivity contribution in [2.24, 2.45) is 23.2 Å². The van der Waals surface area contributed by atoms with Crippen molar-refractivity contribution >= 4 is 68.2 Å². The van der Waals surface area contributed by atoms with E-state index in [1.165, 1.54) is 4.90 Å². The average molecular weight is 1170 g/mol. The lowest BCUT2D eigenvalue weighted by atomic mass is 9.82. The van der Waals surface area contributed by atoms with Gasteiger partial charge in [-0.15, -0.1) is 0 Å². The number of esters is 1. The summed E-state index contributed by atoms with van der Waals surface area (Å²) in [6, 6.07) is 9.64. The third-order valence-corrected chi connectivity index (χ3v) is 15.6. The van der Waals surface area contributed by atoms with Gasteiger partial charge in [-0.1, -0.05) is 31.0 Å². The number of ether oxygens (including phenoxy) is 6. The topological polar surface area (TPSA) is 255 Å². The zero-order valence-electron chi connectivity index (χ0n) is 44.1. The number of pyridine rings is 1. The summed E-state index contributed by atoms with van der Waals surface area (Å²) < 4.78 is 143. The number of Topliss-reactive ketones (excluding diaryl/α,β-unsaturated/α-hetero) is 1. The highest BCUT2D eigenvalue weighted by Crippen LogP contribution is 2.58. The van der Waals surface area contributed by atoms with Crippen LogP contribution in [0.15, 0.2) is 48.5 Å². The van der Waals surface area contributed by atoms with Crippen LogP contribution in [0.1, 0.15) is 106 Å². The molecule has 436 valence electrons. The van der Waals surface area contributed by atoms with E-state index < -0.39 is 116 Å². The number of non-ortho nitro benzene ring substituents is 1. The number of alkyl halides is 6. The molecule has 2 saturated carbocycles. The van der Waals surface area contributed by atoms with E-state index in [1.807, 2.05) is 11.6 Å². The monoisotopic (exact) mass is 1170 g/mol. The van der Waals surface area contributed by atoms with Crippen molar-refractivity contribution in [1.29, 1.82) is 0 Å². The normalized spacial score (nSPS) is 21.6. The summed E-state index contributed by atoms with van der Waals surface area (Å²) in [4.78, 5) is 83.1. The van der Waals surface area contributed by atoms with Gasteiger partial charge in [0.25, 0.3) is 5.69 Å². The second kappa shape index (κ2) is 24.0. The summed E-state index contributed by atoms with van der Waals surface area (Å²) in [6.07, 6.45) is -10.9. The van der Waals surface area contributed by atoms with Gasteiger partial charge in [-0.05, 0) is 110 Å². The lowest BCUT2D eigenvalue weighted by molar-refractivity contribution is -0.384. The Morgan fingerprint density at radius 2 is 1.57 bits per heavy atom. The van der Waals surface area contributed by atoms with Crippen molar-refractivity contribution < 1.29 is 96.3 Å². The van der Waals surface area contributed by atoms with Crippen molar-refractivity contribution in [3.63, 3.8) is 0 Å². The van der Waals surface area contributed by atoms with Gasteiger partial charge < -0.3 is 33.3 Å². The molecule has 3 aromatic rings. The Labute approximate surface area is 455 Å². The van der Waals surface area contributed by atoms with Gasteiger partial charge in [0.1, 0.15) is 17.6 Å². The number of ketones is 1. The quantitative estimate of drug-likeness (QED) is 0.0363. The predicted octanol–water partition coefficient (Wildman–Crippen LogP) is 9.71. The smallest absolute Gasteiger partial charge is 0.488 e. The summed E-state index contributed by atoms with van der Waals surface area (Å²) in [5.41, 5.74) is -7.72. The van der Waals surface area contributed by atoms with Crippen LogP contribution in [0.4, 0.5) is 36.8 Å². The van der Waals surface area contributed by atoms with Gasteiger partial charge in [0.05, 0.1) is 58.0 Å². The molecule has 5 atom stereocenters. The Bertz CT molecular complexity index is 2880. The van der Waals surface area contributed by atoms with Crippen molar-refractivity contribution in [1.82, 2.24) is 14.6 Å². The van der Waals surface area contributed by atoms with Crippen LogP contribution in [0.5, 0.6) is 17.4 Å². The highest BCUT2D eigenvalue weighted by atomic mass is 35.5. The first kappa shape index (κ1) is 62.1. The van der Waals surface area contributed by atoms with Crippen molar-refractivity contribution in [2.45, 2.75) is 148 Å². The Morgan fingerprint density at radius 1 is 0.949 bits per heavy atom. The number of aromatic nitrogens is 1. The van der Waals surface area contributed by atoms with Crippen molar-refractivity contribution in [3.8, 4) is 17.4 Å². The minimum Gasteiger partial charge on any atom is -0.488 e. The summed E-state index contributed by atoms with van der Waals surface area (Å²) >= 11 is 6.50. The van der Waals surface area contributed by atoms with Crippen LogP contribution in [-0.2, 0) is 47.9 Å². The highest BCUT2D eigenvalue weighted by Gasteiger charge is 2.62. The fourth-order valence-electron chi connectivity index (χ4n) is 9.14. The molecule has 28 heteroatoms. The van der Waals surface area contributed by atoms with E-state index in [9.17, 15) is 68.8 Å². The van der Waals surface area contributed by atoms with Gasteiger partial charge in [0, 0.05) is 49.6 Å². The maximum atomic E-state index is 14.8. The molecule has 2 saturated heterocycles. The highest BCUT2D eigenvalue weighted by molar-refractivity contribution is 7.85. The van der Waals surface area contributed by atoms with Crippen LogP contribution in [-0.4, -0.2) is 121 Å². The van der Waals surface area contributed by atoms with Gasteiger partial charge in [-0.2, -0.15) is 34.8 Å². The van der Waals surface area contributed by atoms with Gasteiger partial charge >= 0.3 is 34.8 Å². The molecule has 4 fully saturated rings. The van der Waals surface area contributed by atoms with Crippen LogP contribution in [0.2, 0.25) is 5.02 Å². The molecule has 4 aliphatic rings. The summed E-state index contributed by atoms with van der Waals surface area (Å²) in [5.74, 6) is -5.04. The standard InChI is InChI=1S/C40H51ClF3N3O11S.C11H10F3NO5/c1-6-24-20-39(24,36(51)46-59(52,53)58-38(5)13-14-38)21-30(48)29-17-25(56-31-19-32(55-7-2)45-34-26(31)9-8-10-28(34)41)22-47(29)35(50)27(23-11-15-54-16-12-23)18-33(49)57-37(3,4)40(42,43)44;1-10(2,11(12,13)14)20-9(16)19-8-5-3-7(4-6-8)15(17)18/h8-10,19,23-25,27,29H,6-7,11-18,20-22H2,1-5H3,(H,46,51);3-6H,1-2H3/t24-,25-,27+,29+,39-;/m1./s1. The molecule has 20 nitrogen and oxygen atoms in total. The SMILES string of the molecule is CC(C)(OC(=O)Oc1ccc([N+](=O)[O-])cc1)C(F)(F)F.CCOc1cc(O[C@@H]2C[C@@H](C(=O)C[C@]3(C(=O)NS(=O)(=O)OC4(C)CC4)C[C@H]3CC)N(C(=O)[C@@H](CC(=O)OC(C)(C)C(F)(F)F)C3CCOCC3)C2)c2cccc(Cl)c2n1. The van der Waals surface area contributed by atoms with E-state index in [4.69, 9.17) is 34.7 Å². The largest absolute Gasteiger partial charge is 0.514 e. The number of para-hydroxylation sites is 1. The van der Waals surface area contributed by atoms with E-state index in [-0.39, 0.29) is 62.4 Å². The van der Waals surface area contributed by atoms with Crippen molar-refractivity contribution in [2.75, 3.05) is 26.4 Å². The fourth-order valence-corrected chi connectivity index (χ4v) is 10.5. The number of fused-ring (bicyclic) bond motifs is 1. The van der Waals surface area contributed by atoms with Gasteiger partial charge in [0.2, 0.25) is 28.9 Å². The molecular weight excluding hydrogens is 1110 g/mol. The molecule has 0 unspecified atom stereocenters. The summed E-state index contributed by atoms with van der Waals surface area (Å²) in [7, 11) is -4.50. The number of nitro groups is 1. The second-order valence-corrected chi connectivity index (χ2v) is 22.7. The van der Waals surface area contributed by atoms with E-state index >= 15 is 0 Å². The number of hydrogen-bond acceptors (Lipinski definition) is 17. The number of benzene rings is 2. The number of nitrogens with one attached hydrogen (secondary N) is 1. The number of carbonyl (C=O) groups is 5. The Morgan fingerprint density at radius 3 is 2.13 bits per heavy atom. The molecule has 1 N–H and O–H groups in total. The predicted molar refractivity (Wildman–Crippen MR) is 267 cm³/mol. The van der Waals surface area contributed by atoms with Crippen LogP contribution in [0, 0.1) is 33.3 Å². The van der Waals surface area contributed by atoms with E-state index in [1.54, 1.807) is 38.1 Å². The first-order valence-electron chi connectivity index (χ1n) is 25.2. The average Bonchev–Trinajstić information content (AvgIpc) is 4.41. The number of rotatable bonds is 20. The van der Waals surface area contributed by atoms with E-state index in [0.29, 0.717) is 67.6 Å². The number of nitrogens with zero attached hydrogens (tertiary/aromatic N) is 3. The zero-order valence-corrected chi connectivity index (χ0v) is 45.7. The van der Waals surface area contributed by atoms with Gasteiger partial charge in [-0.3, -0.25) is 29.3 Å². The molecule has 0 bridgehead atoms. The van der Waals surface area contributed by atoms with E-state index in [0.717, 1.165) is 38.1 Å². The number of carbonyl (C=O) groups excluding carboxylic acids is 5. The lowest BCUT2D eigenvalue weighted by Gasteiger charge is -2.35. The number of hydrogen-bond donors (Lipinski definition) is 1. The Balaban J connectivity index is 0.000000425. The van der Waals surface area contributed by atoms with E-state index in [2.05, 4.69) is 14.5 Å². The fraction of sp³-hybridized carbons (Fsp3) is 0.608. The summed E-state index contributed by atoms with van der Waals surface area (Å²) in [5, 5.41) is 11.2. The second-order valence-electron chi connectivity index (χ2n) is 21.0. The molecule has 2 amide bonds. The molecule has 3 heterocycles.